The molecule has 0 spiro atoms. The summed E-state index contributed by atoms with van der Waals surface area (Å²) in [6.45, 7) is 0. The van der Waals surface area contributed by atoms with Crippen LogP contribution in [0.5, 0.6) is 0 Å². The van der Waals surface area contributed by atoms with E-state index >= 15 is 0 Å². The number of rotatable bonds is 1. The largest absolute Gasteiger partial charge is 0.386 e. The van der Waals surface area contributed by atoms with Gasteiger partial charge in [0.1, 0.15) is 0 Å². The van der Waals surface area contributed by atoms with Crippen LogP contribution in [0.4, 0.5) is 5.69 Å². The number of esters is 2. The molecule has 0 aliphatic carbocycles. The van der Waals surface area contributed by atoms with Crippen molar-refractivity contribution in [1.82, 2.24) is 0 Å². The first-order valence-corrected chi connectivity index (χ1v) is 3.53. The Morgan fingerprint density at radius 1 is 1.15 bits per heavy atom. The quantitative estimate of drug-likeness (QED) is 0.379. The predicted octanol–water partition coefficient (Wildman–Crippen LogP) is 0.798. The van der Waals surface area contributed by atoms with Crippen LogP contribution < -0.4 is 5.48 Å². The van der Waals surface area contributed by atoms with Gasteiger partial charge in [-0.25, -0.2) is 9.59 Å². The molecule has 2 rings (SSSR count). The molecule has 1 aromatic carbocycles. The topological polar surface area (TPSA) is 75.6 Å². The van der Waals surface area contributed by atoms with Crippen LogP contribution in [0.25, 0.3) is 0 Å². The van der Waals surface area contributed by atoms with Gasteiger partial charge in [0.25, 0.3) is 0 Å². The molecule has 66 valence electrons. The predicted molar refractivity (Wildman–Crippen MR) is 41.6 cm³/mol. The molecule has 0 radical (unpaired) electrons. The third-order valence-electron chi connectivity index (χ3n) is 1.77. The highest BCUT2D eigenvalue weighted by atomic mass is 16.6. The highest BCUT2D eigenvalue weighted by Gasteiger charge is 2.29. The lowest BCUT2D eigenvalue weighted by Gasteiger charge is -1.97. The third-order valence-corrected chi connectivity index (χ3v) is 1.77. The fourth-order valence-corrected chi connectivity index (χ4v) is 1.15. The van der Waals surface area contributed by atoms with E-state index in [0.29, 0.717) is 5.69 Å². The molecule has 2 N–H and O–H groups in total. The first-order chi connectivity index (χ1) is 6.22. The van der Waals surface area contributed by atoms with Gasteiger partial charge in [0.05, 0.1) is 16.8 Å². The molecule has 13 heavy (non-hydrogen) atoms. The fourth-order valence-electron chi connectivity index (χ4n) is 1.15. The van der Waals surface area contributed by atoms with Gasteiger partial charge in [-0.15, -0.1) is 0 Å². The van der Waals surface area contributed by atoms with Crippen molar-refractivity contribution in [3.05, 3.63) is 29.3 Å². The van der Waals surface area contributed by atoms with Crippen molar-refractivity contribution in [2.24, 2.45) is 0 Å². The smallest absolute Gasteiger partial charge is 0.346 e. The highest BCUT2D eigenvalue weighted by Crippen LogP contribution is 2.22. The van der Waals surface area contributed by atoms with Gasteiger partial charge in [0.15, 0.2) is 0 Å². The third kappa shape index (κ3) is 1.06. The van der Waals surface area contributed by atoms with E-state index in [1.807, 2.05) is 5.48 Å². The van der Waals surface area contributed by atoms with Gasteiger partial charge < -0.3 is 4.74 Å². The molecule has 0 saturated heterocycles. The van der Waals surface area contributed by atoms with E-state index in [9.17, 15) is 9.59 Å². The molecule has 0 aromatic heterocycles. The van der Waals surface area contributed by atoms with Gasteiger partial charge in [-0.05, 0) is 18.2 Å². The molecule has 0 fully saturated rings. The molecular weight excluding hydrogens is 174 g/mol. The lowest BCUT2D eigenvalue weighted by molar-refractivity contribution is 0.0444. The fraction of sp³-hybridized carbons (Fsp3) is 0. The maximum absolute atomic E-state index is 11.0. The van der Waals surface area contributed by atoms with Crippen molar-refractivity contribution in [3.8, 4) is 0 Å². The molecule has 1 aromatic rings. The molecule has 0 bridgehead atoms. The minimum atomic E-state index is -0.683. The number of anilines is 1. The van der Waals surface area contributed by atoms with E-state index < -0.39 is 11.9 Å². The van der Waals surface area contributed by atoms with Gasteiger partial charge >= 0.3 is 11.9 Å². The molecular formula is C8H5NO4. The molecule has 5 nitrogen and oxygen atoms in total. The van der Waals surface area contributed by atoms with Crippen molar-refractivity contribution in [3.63, 3.8) is 0 Å². The van der Waals surface area contributed by atoms with Crippen LogP contribution in [0.15, 0.2) is 18.2 Å². The number of nitrogens with one attached hydrogen (secondary N) is 1. The standard InChI is InChI=1S/C8H5NO4/c10-7-5-2-1-4(9-12)3-6(5)8(11)13-7/h1-3,9,12H. The first kappa shape index (κ1) is 7.75. The van der Waals surface area contributed by atoms with Crippen molar-refractivity contribution in [2.45, 2.75) is 0 Å². The number of carbonyl (C=O) groups is 2. The summed E-state index contributed by atoms with van der Waals surface area (Å²) in [6, 6.07) is 4.24. The monoisotopic (exact) mass is 179 g/mol. The number of ether oxygens (including phenoxy) is 1. The molecule has 0 saturated carbocycles. The zero-order valence-electron chi connectivity index (χ0n) is 6.40. The van der Waals surface area contributed by atoms with Crippen molar-refractivity contribution >= 4 is 17.6 Å². The molecule has 0 atom stereocenters. The highest BCUT2D eigenvalue weighted by molar-refractivity contribution is 6.15. The van der Waals surface area contributed by atoms with Crippen LogP contribution in [0.3, 0.4) is 0 Å². The summed E-state index contributed by atoms with van der Waals surface area (Å²) in [5.41, 5.74) is 2.61. The Hall–Kier alpha value is -1.88. The van der Waals surface area contributed by atoms with E-state index in [1.54, 1.807) is 0 Å². The summed E-state index contributed by atoms with van der Waals surface area (Å²) in [7, 11) is 0. The second-order valence-corrected chi connectivity index (χ2v) is 2.55. The maximum Gasteiger partial charge on any atom is 0.346 e. The molecule has 1 heterocycles. The first-order valence-electron chi connectivity index (χ1n) is 3.53. The minimum absolute atomic E-state index is 0.170. The van der Waals surface area contributed by atoms with Gasteiger partial charge in [-0.3, -0.25) is 10.7 Å². The average Bonchev–Trinajstić information content (AvgIpc) is 2.42. The Balaban J connectivity index is 2.58. The van der Waals surface area contributed by atoms with Crippen LogP contribution in [0.1, 0.15) is 20.7 Å². The number of benzene rings is 1. The number of cyclic esters (lactones) is 2. The summed E-state index contributed by atoms with van der Waals surface area (Å²) in [6.07, 6.45) is 0. The van der Waals surface area contributed by atoms with Crippen LogP contribution in [-0.4, -0.2) is 17.1 Å². The second kappa shape index (κ2) is 2.56. The SMILES string of the molecule is O=C1OC(=O)c2cc(NO)ccc21. The summed E-state index contributed by atoms with van der Waals surface area (Å²) >= 11 is 0. The molecule has 0 amide bonds. The van der Waals surface area contributed by atoms with Gasteiger partial charge in [0, 0.05) is 0 Å². The van der Waals surface area contributed by atoms with Crippen molar-refractivity contribution in [2.75, 3.05) is 5.48 Å². The number of hydrogen-bond donors (Lipinski definition) is 2. The van der Waals surface area contributed by atoms with E-state index in [1.165, 1.54) is 18.2 Å². The summed E-state index contributed by atoms with van der Waals surface area (Å²) in [5.74, 6) is -1.33. The van der Waals surface area contributed by atoms with Gasteiger partial charge in [-0.1, -0.05) is 0 Å². The average molecular weight is 179 g/mol. The number of hydrogen-bond acceptors (Lipinski definition) is 5. The zero-order valence-corrected chi connectivity index (χ0v) is 6.40. The minimum Gasteiger partial charge on any atom is -0.386 e. The Morgan fingerprint density at radius 3 is 2.54 bits per heavy atom. The number of fused-ring (bicyclic) bond motifs is 1. The summed E-state index contributed by atoms with van der Waals surface area (Å²) < 4.78 is 4.34. The van der Waals surface area contributed by atoms with E-state index in [4.69, 9.17) is 5.21 Å². The van der Waals surface area contributed by atoms with Crippen LogP contribution in [0, 0.1) is 0 Å². The lowest BCUT2D eigenvalue weighted by atomic mass is 10.1. The lowest BCUT2D eigenvalue weighted by Crippen LogP contribution is -1.97. The van der Waals surface area contributed by atoms with Crippen molar-refractivity contribution in [1.29, 1.82) is 0 Å². The Morgan fingerprint density at radius 2 is 1.85 bits per heavy atom. The van der Waals surface area contributed by atoms with Gasteiger partial charge in [-0.2, -0.15) is 0 Å². The molecule has 1 aliphatic rings. The summed E-state index contributed by atoms with van der Waals surface area (Å²) in [5, 5.41) is 8.53. The van der Waals surface area contributed by atoms with Gasteiger partial charge in [0.2, 0.25) is 0 Å². The Bertz CT molecular complexity index is 399. The molecule has 0 unspecified atom stereocenters. The van der Waals surface area contributed by atoms with E-state index in [0.717, 1.165) is 0 Å². The Kier molecular flexibility index (Phi) is 1.53. The molecule has 5 heteroatoms. The molecule has 1 aliphatic heterocycles. The van der Waals surface area contributed by atoms with Crippen molar-refractivity contribution < 1.29 is 19.5 Å². The van der Waals surface area contributed by atoms with E-state index in [-0.39, 0.29) is 11.1 Å². The summed E-state index contributed by atoms with van der Waals surface area (Å²) in [4.78, 5) is 21.9. The van der Waals surface area contributed by atoms with Crippen LogP contribution in [0.2, 0.25) is 0 Å². The second-order valence-electron chi connectivity index (χ2n) is 2.55. The maximum atomic E-state index is 11.0. The van der Waals surface area contributed by atoms with E-state index in [2.05, 4.69) is 4.74 Å². The zero-order chi connectivity index (χ0) is 9.42. The number of carbonyl (C=O) groups excluding carboxylic acids is 2. The van der Waals surface area contributed by atoms with Crippen LogP contribution >= 0.6 is 0 Å². The Labute approximate surface area is 72.9 Å². The van der Waals surface area contributed by atoms with Crippen LogP contribution in [-0.2, 0) is 4.74 Å². The normalized spacial score (nSPS) is 13.9.